The van der Waals surface area contributed by atoms with Gasteiger partial charge in [-0.15, -0.1) is 0 Å². The Morgan fingerprint density at radius 3 is 2.57 bits per heavy atom. The number of hydrogen-bond donors (Lipinski definition) is 0. The average Bonchev–Trinajstić information content (AvgIpc) is 2.25. The van der Waals surface area contributed by atoms with Gasteiger partial charge in [0, 0.05) is 24.5 Å². The Morgan fingerprint density at radius 1 is 1.21 bits per heavy atom. The molecule has 1 radical (unpaired) electrons. The van der Waals surface area contributed by atoms with Gasteiger partial charge in [-0.05, 0) is 30.4 Å². The first-order valence-electron chi connectivity index (χ1n) is 4.71. The van der Waals surface area contributed by atoms with Crippen molar-refractivity contribution >= 4 is 11.2 Å². The number of hydrogen-bond acceptors (Lipinski definition) is 2. The third-order valence-corrected chi connectivity index (χ3v) is 3.34. The number of nitrogens with zero attached hydrogens (tertiary/aromatic N) is 1. The van der Waals surface area contributed by atoms with Crippen molar-refractivity contribution in [2.45, 2.75) is 24.2 Å². The van der Waals surface area contributed by atoms with Gasteiger partial charge in [0.1, 0.15) is 5.75 Å². The maximum atomic E-state index is 11.6. The maximum Gasteiger partial charge on any atom is 0.155 e. The van der Waals surface area contributed by atoms with Gasteiger partial charge in [0.15, 0.2) is 4.90 Å². The Bertz CT molecular complexity index is 243. The molecule has 1 aromatic rings. The smallest absolute Gasteiger partial charge is 0.155 e. The second kappa shape index (κ2) is 6.81. The van der Waals surface area contributed by atoms with Crippen LogP contribution in [0.25, 0.3) is 0 Å². The van der Waals surface area contributed by atoms with E-state index in [-0.39, 0.29) is 6.61 Å². The molecule has 14 heavy (non-hydrogen) atoms. The van der Waals surface area contributed by atoms with E-state index in [1.807, 2.05) is 0 Å². The average molecular weight is 212 g/mol. The minimum atomic E-state index is -0.929. The van der Waals surface area contributed by atoms with Gasteiger partial charge in [0.2, 0.25) is 0 Å². The van der Waals surface area contributed by atoms with Gasteiger partial charge < -0.3 is 4.55 Å². The van der Waals surface area contributed by atoms with Gasteiger partial charge in [-0.3, -0.25) is 4.98 Å². The Labute approximate surface area is 87.4 Å². The molecule has 4 heteroatoms. The fraction of sp³-hybridized carbons (Fsp3) is 0.500. The number of rotatable bonds is 6. The molecule has 3 nitrogen and oxygen atoms in total. The van der Waals surface area contributed by atoms with E-state index in [1.54, 1.807) is 24.5 Å². The highest BCUT2D eigenvalue weighted by Crippen LogP contribution is 2.11. The molecule has 0 bridgehead atoms. The van der Waals surface area contributed by atoms with Crippen molar-refractivity contribution in [2.24, 2.45) is 0 Å². The van der Waals surface area contributed by atoms with Gasteiger partial charge >= 0.3 is 0 Å². The van der Waals surface area contributed by atoms with Crippen LogP contribution in [0, 0.1) is 0 Å². The van der Waals surface area contributed by atoms with Crippen molar-refractivity contribution in [3.63, 3.8) is 0 Å². The van der Waals surface area contributed by atoms with Crippen molar-refractivity contribution in [3.8, 4) is 0 Å². The van der Waals surface area contributed by atoms with Crippen LogP contribution >= 0.6 is 0 Å². The van der Waals surface area contributed by atoms with Crippen LogP contribution in [0.2, 0.25) is 0 Å². The predicted octanol–water partition coefficient (Wildman–Crippen LogP) is 1.79. The zero-order valence-corrected chi connectivity index (χ0v) is 8.83. The van der Waals surface area contributed by atoms with Crippen molar-refractivity contribution in [3.05, 3.63) is 24.5 Å². The molecule has 0 aromatic carbocycles. The molecule has 0 N–H and O–H groups in total. The summed E-state index contributed by atoms with van der Waals surface area (Å²) in [5.74, 6) is 0.643. The second-order valence-corrected chi connectivity index (χ2v) is 4.57. The summed E-state index contributed by atoms with van der Waals surface area (Å²) in [6, 6.07) is 3.54. The number of pyridine rings is 1. The fourth-order valence-corrected chi connectivity index (χ4v) is 2.25. The Morgan fingerprint density at radius 2 is 1.93 bits per heavy atom. The van der Waals surface area contributed by atoms with Crippen LogP contribution in [0.5, 0.6) is 0 Å². The zero-order chi connectivity index (χ0) is 10.2. The molecule has 0 saturated heterocycles. The molecular formula is C10H14NO2S. The summed E-state index contributed by atoms with van der Waals surface area (Å²) in [7, 11) is 0. The molecule has 0 amide bonds. The van der Waals surface area contributed by atoms with E-state index in [1.165, 1.54) is 0 Å². The van der Waals surface area contributed by atoms with Crippen molar-refractivity contribution in [1.29, 1.82) is 0 Å². The second-order valence-electron chi connectivity index (χ2n) is 3.00. The van der Waals surface area contributed by atoms with Crippen LogP contribution in [0.4, 0.5) is 0 Å². The lowest BCUT2D eigenvalue weighted by Gasteiger charge is -2.09. The molecule has 1 heterocycles. The summed E-state index contributed by atoms with van der Waals surface area (Å²) in [6.07, 6.45) is 5.71. The third kappa shape index (κ3) is 4.09. The lowest BCUT2D eigenvalue weighted by molar-refractivity contribution is 0.186. The summed E-state index contributed by atoms with van der Waals surface area (Å²) in [5.41, 5.74) is 0. The quantitative estimate of drug-likeness (QED) is 0.533. The summed E-state index contributed by atoms with van der Waals surface area (Å²) in [6.45, 7) is -0.0259. The first-order valence-corrected chi connectivity index (χ1v) is 6.03. The van der Waals surface area contributed by atoms with Gasteiger partial charge in [-0.1, -0.05) is 0 Å². The standard InChI is InChI=1S/C10H14NO2S/c12-8-2-1-3-9-14(13)10-4-6-11-7-5-10/h4-7H,1-3,8-9H2. The Hall–Kier alpha value is -0.580. The van der Waals surface area contributed by atoms with Crippen LogP contribution < -0.4 is 0 Å². The van der Waals surface area contributed by atoms with E-state index in [2.05, 4.69) is 4.98 Å². The van der Waals surface area contributed by atoms with Crippen molar-refractivity contribution in [1.82, 2.24) is 4.98 Å². The monoisotopic (exact) mass is 212 g/mol. The van der Waals surface area contributed by atoms with E-state index in [0.29, 0.717) is 12.2 Å². The van der Waals surface area contributed by atoms with Crippen molar-refractivity contribution in [2.75, 3.05) is 12.4 Å². The van der Waals surface area contributed by atoms with Gasteiger partial charge in [0.05, 0.1) is 6.61 Å². The van der Waals surface area contributed by atoms with Crippen LogP contribution in [-0.2, 0) is 16.3 Å². The van der Waals surface area contributed by atoms with E-state index in [4.69, 9.17) is 0 Å². The van der Waals surface area contributed by atoms with Gasteiger partial charge in [0.25, 0.3) is 0 Å². The van der Waals surface area contributed by atoms with Gasteiger partial charge in [-0.2, -0.15) is 0 Å². The highest BCUT2D eigenvalue weighted by molar-refractivity contribution is 7.91. The Balaban J connectivity index is 2.25. The van der Waals surface area contributed by atoms with Gasteiger partial charge in [-0.25, -0.2) is 5.11 Å². The number of aromatic nitrogens is 1. The molecule has 0 spiro atoms. The van der Waals surface area contributed by atoms with Crippen LogP contribution in [0.15, 0.2) is 29.4 Å². The SMILES string of the molecule is [O]CCCCC[S+]([O-])c1ccncc1. The highest BCUT2D eigenvalue weighted by Gasteiger charge is 2.08. The van der Waals surface area contributed by atoms with E-state index in [0.717, 1.165) is 17.7 Å². The molecule has 1 aromatic heterocycles. The van der Waals surface area contributed by atoms with Crippen LogP contribution in [0.1, 0.15) is 19.3 Å². The summed E-state index contributed by atoms with van der Waals surface area (Å²) in [5, 5.41) is 10.2. The predicted molar refractivity (Wildman–Crippen MR) is 54.9 cm³/mol. The molecule has 77 valence electrons. The molecule has 0 aliphatic rings. The largest absolute Gasteiger partial charge is 0.611 e. The topological polar surface area (TPSA) is 55.8 Å². The minimum absolute atomic E-state index is 0.0259. The molecular weight excluding hydrogens is 198 g/mol. The molecule has 0 aliphatic heterocycles. The molecule has 1 atom stereocenters. The minimum Gasteiger partial charge on any atom is -0.611 e. The molecule has 0 aliphatic carbocycles. The molecule has 0 saturated carbocycles. The molecule has 0 fully saturated rings. The summed E-state index contributed by atoms with van der Waals surface area (Å²) >= 11 is -0.929. The highest BCUT2D eigenvalue weighted by atomic mass is 32.2. The summed E-state index contributed by atoms with van der Waals surface area (Å²) < 4.78 is 11.6. The van der Waals surface area contributed by atoms with E-state index >= 15 is 0 Å². The lowest BCUT2D eigenvalue weighted by Crippen LogP contribution is -2.06. The molecule has 1 rings (SSSR count). The Kier molecular flexibility index (Phi) is 5.59. The van der Waals surface area contributed by atoms with Crippen molar-refractivity contribution < 1.29 is 9.66 Å². The summed E-state index contributed by atoms with van der Waals surface area (Å²) in [4.78, 5) is 4.68. The first kappa shape index (κ1) is 11.5. The third-order valence-electron chi connectivity index (χ3n) is 1.89. The number of unbranched alkanes of at least 4 members (excludes halogenated alkanes) is 2. The van der Waals surface area contributed by atoms with E-state index < -0.39 is 11.2 Å². The van der Waals surface area contributed by atoms with E-state index in [9.17, 15) is 9.66 Å². The maximum absolute atomic E-state index is 11.6. The van der Waals surface area contributed by atoms with Crippen LogP contribution in [0.3, 0.4) is 0 Å². The lowest BCUT2D eigenvalue weighted by atomic mass is 10.3. The zero-order valence-electron chi connectivity index (χ0n) is 8.02. The first-order chi connectivity index (χ1) is 6.84. The normalized spacial score (nSPS) is 12.7. The molecule has 1 unspecified atom stereocenters. The fourth-order valence-electron chi connectivity index (χ4n) is 1.12. The van der Waals surface area contributed by atoms with Crippen LogP contribution in [-0.4, -0.2) is 21.9 Å².